The SMILES string of the molecule is CC/C=C\C/C=C\C/C=C\C/C=C\C/C=C\C/C=C\CCC(=O)OCC(COP(=O)(O)OCC(O)COP(=O)(O)OCC(COC(=O)CCCCCCCC/C=C\C/C=C\C/C=C\CCCCC)OC(=O)CCCCCCC/C=C\CCCC)OC(=O)CCCCCCC/C=C\CCCC. The normalized spacial score (nSPS) is 14.7. The molecular weight excluding hydrogens is 1310 g/mol. The second-order valence-corrected chi connectivity index (χ2v) is 28.1. The van der Waals surface area contributed by atoms with Crippen LogP contribution >= 0.6 is 15.6 Å². The van der Waals surface area contributed by atoms with Crippen LogP contribution in [0.2, 0.25) is 0 Å². The van der Waals surface area contributed by atoms with Gasteiger partial charge in [0.25, 0.3) is 0 Å². The lowest BCUT2D eigenvalue weighted by atomic mass is 10.1. The molecule has 0 aromatic rings. The van der Waals surface area contributed by atoms with Crippen LogP contribution in [0.3, 0.4) is 0 Å². The van der Waals surface area contributed by atoms with Crippen molar-refractivity contribution in [3.8, 4) is 0 Å². The number of carbonyl (C=O) groups excluding carboxylic acids is 4. The van der Waals surface area contributed by atoms with Crippen LogP contribution in [0.1, 0.15) is 297 Å². The van der Waals surface area contributed by atoms with Gasteiger partial charge in [0.2, 0.25) is 0 Å². The fraction of sp³-hybridized carbons (Fsp3) is 0.679. The van der Waals surface area contributed by atoms with Crippen molar-refractivity contribution in [2.45, 2.75) is 316 Å². The summed E-state index contributed by atoms with van der Waals surface area (Å²) in [5.41, 5.74) is 0. The molecule has 0 amide bonds. The minimum Gasteiger partial charge on any atom is -0.462 e. The summed E-state index contributed by atoms with van der Waals surface area (Å²) in [5.74, 6) is -2.31. The van der Waals surface area contributed by atoms with Crippen LogP contribution in [0.5, 0.6) is 0 Å². The first-order valence-corrected chi connectivity index (χ1v) is 41.4. The van der Waals surface area contributed by atoms with Gasteiger partial charge in [-0.05, 0) is 141 Å². The highest BCUT2D eigenvalue weighted by atomic mass is 31.2. The molecule has 0 spiro atoms. The van der Waals surface area contributed by atoms with Gasteiger partial charge in [0.15, 0.2) is 12.2 Å². The molecule has 0 aliphatic carbocycles. The molecule has 17 nitrogen and oxygen atoms in total. The Morgan fingerprint density at radius 3 is 0.900 bits per heavy atom. The summed E-state index contributed by atoms with van der Waals surface area (Å²) >= 11 is 0. The Labute approximate surface area is 605 Å². The number of unbranched alkanes of at least 4 members (excludes halogenated alkanes) is 23. The lowest BCUT2D eigenvalue weighted by Crippen LogP contribution is -2.30. The monoisotopic (exact) mass is 1440 g/mol. The van der Waals surface area contributed by atoms with E-state index in [2.05, 4.69) is 143 Å². The van der Waals surface area contributed by atoms with E-state index in [-0.39, 0.29) is 25.7 Å². The number of esters is 4. The summed E-state index contributed by atoms with van der Waals surface area (Å²) in [6.07, 6.45) is 80.4. The van der Waals surface area contributed by atoms with Crippen molar-refractivity contribution in [2.24, 2.45) is 0 Å². The fourth-order valence-corrected chi connectivity index (χ4v) is 11.3. The van der Waals surface area contributed by atoms with Crippen LogP contribution in [0.25, 0.3) is 0 Å². The van der Waals surface area contributed by atoms with E-state index in [1.807, 2.05) is 18.2 Å². The topological polar surface area (TPSA) is 237 Å². The maximum absolute atomic E-state index is 13.1. The molecule has 0 aliphatic heterocycles. The summed E-state index contributed by atoms with van der Waals surface area (Å²) in [6.45, 7) is 4.52. The highest BCUT2D eigenvalue weighted by Crippen LogP contribution is 2.45. The summed E-state index contributed by atoms with van der Waals surface area (Å²) < 4.78 is 68.3. The van der Waals surface area contributed by atoms with E-state index >= 15 is 0 Å². The largest absolute Gasteiger partial charge is 0.472 e. The Hall–Kier alpha value is -4.80. The quantitative estimate of drug-likeness (QED) is 0.0169. The van der Waals surface area contributed by atoms with Crippen molar-refractivity contribution in [1.29, 1.82) is 0 Å². The molecule has 0 aromatic heterocycles. The molecule has 5 atom stereocenters. The highest BCUT2D eigenvalue weighted by Gasteiger charge is 2.30. The van der Waals surface area contributed by atoms with Crippen LogP contribution in [0.15, 0.2) is 134 Å². The Balaban J connectivity index is 5.35. The van der Waals surface area contributed by atoms with Crippen LogP contribution in [-0.2, 0) is 65.4 Å². The molecule has 100 heavy (non-hydrogen) atoms. The van der Waals surface area contributed by atoms with E-state index in [0.717, 1.165) is 167 Å². The number of allylic oxidation sites excluding steroid dienone is 22. The van der Waals surface area contributed by atoms with Crippen molar-refractivity contribution in [3.05, 3.63) is 134 Å². The van der Waals surface area contributed by atoms with Crippen molar-refractivity contribution in [3.63, 3.8) is 0 Å². The number of hydrogen-bond donors (Lipinski definition) is 3. The molecule has 5 unspecified atom stereocenters. The molecule has 0 heterocycles. The maximum atomic E-state index is 13.1. The second-order valence-electron chi connectivity index (χ2n) is 25.2. The van der Waals surface area contributed by atoms with Crippen molar-refractivity contribution >= 4 is 39.5 Å². The molecule has 572 valence electrons. The van der Waals surface area contributed by atoms with Gasteiger partial charge in [0.05, 0.1) is 26.4 Å². The molecule has 0 fully saturated rings. The van der Waals surface area contributed by atoms with Gasteiger partial charge in [-0.15, -0.1) is 0 Å². The fourth-order valence-electron chi connectivity index (χ4n) is 9.68. The number of ether oxygens (including phenoxy) is 4. The molecule has 0 aliphatic rings. The number of aliphatic hydroxyl groups is 1. The summed E-state index contributed by atoms with van der Waals surface area (Å²) in [4.78, 5) is 72.7. The van der Waals surface area contributed by atoms with Gasteiger partial charge in [-0.25, -0.2) is 9.13 Å². The minimum absolute atomic E-state index is 0.0318. The van der Waals surface area contributed by atoms with Gasteiger partial charge < -0.3 is 33.8 Å². The predicted molar refractivity (Wildman–Crippen MR) is 408 cm³/mol. The molecular formula is C81H136O17P2. The number of phosphoric ester groups is 2. The third-order valence-electron chi connectivity index (χ3n) is 15.6. The number of rotatable bonds is 71. The minimum atomic E-state index is -4.99. The van der Waals surface area contributed by atoms with Gasteiger partial charge in [-0.1, -0.05) is 264 Å². The molecule has 0 rings (SSSR count). The van der Waals surface area contributed by atoms with Crippen molar-refractivity contribution in [2.75, 3.05) is 39.6 Å². The first kappa shape index (κ1) is 95.2. The number of phosphoric acid groups is 2. The summed E-state index contributed by atoms with van der Waals surface area (Å²) in [5, 5.41) is 10.6. The molecule has 0 aromatic carbocycles. The predicted octanol–water partition coefficient (Wildman–Crippen LogP) is 22.1. The van der Waals surface area contributed by atoms with E-state index in [9.17, 15) is 43.2 Å². The summed E-state index contributed by atoms with van der Waals surface area (Å²) in [6, 6.07) is 0. The van der Waals surface area contributed by atoms with Crippen molar-refractivity contribution < 1.29 is 80.2 Å². The second kappa shape index (κ2) is 72.5. The Kier molecular flexibility index (Phi) is 69.1. The van der Waals surface area contributed by atoms with Crippen LogP contribution in [-0.4, -0.2) is 96.7 Å². The van der Waals surface area contributed by atoms with Crippen LogP contribution < -0.4 is 0 Å². The molecule has 3 N–H and O–H groups in total. The standard InChI is InChI=1S/C81H136O17P2/c1-5-9-13-17-21-25-29-31-33-35-37-39-41-43-47-49-53-57-61-65-78(83)91-71-76(97-80(85)67-63-59-55-51-45-27-23-19-15-11-7-3)73-95-99(87,88)93-69-75(82)70-94-100(89,90)96-74-77(98-81(86)68-64-60-56-52-46-28-24-20-16-12-8-4)72-92-79(84)66-62-58-54-50-48-44-42-40-38-36-34-32-30-26-22-18-14-10-6-2/h9,13,19-26,31-34,37-40,43,47,53,57,75-77,82H,5-8,10-12,14-18,27-30,35-36,41-42,44-46,48-52,54-56,58-74H2,1-4H3,(H,87,88)(H,89,90)/b13-9-,23-19-,24-20-,25-21-,26-22-,33-31-,34-32-,39-37-,40-38-,47-43-,57-53-. The Morgan fingerprint density at radius 2 is 0.550 bits per heavy atom. The third-order valence-corrected chi connectivity index (χ3v) is 17.5. The third kappa shape index (κ3) is 71.6. The van der Waals surface area contributed by atoms with E-state index in [4.69, 9.17) is 37.0 Å². The van der Waals surface area contributed by atoms with E-state index < -0.39 is 97.5 Å². The Morgan fingerprint density at radius 1 is 0.290 bits per heavy atom. The highest BCUT2D eigenvalue weighted by molar-refractivity contribution is 7.47. The maximum Gasteiger partial charge on any atom is 0.472 e. The van der Waals surface area contributed by atoms with Gasteiger partial charge in [0.1, 0.15) is 19.3 Å². The van der Waals surface area contributed by atoms with E-state index in [0.29, 0.717) is 32.1 Å². The first-order valence-electron chi connectivity index (χ1n) is 38.4. The van der Waals surface area contributed by atoms with Crippen molar-refractivity contribution in [1.82, 2.24) is 0 Å². The van der Waals surface area contributed by atoms with Gasteiger partial charge in [0, 0.05) is 25.7 Å². The first-order chi connectivity index (χ1) is 48.7. The average molecular weight is 1440 g/mol. The van der Waals surface area contributed by atoms with Gasteiger partial charge in [-0.3, -0.25) is 37.3 Å². The smallest absolute Gasteiger partial charge is 0.462 e. The van der Waals surface area contributed by atoms with Gasteiger partial charge in [-0.2, -0.15) is 0 Å². The molecule has 0 radical (unpaired) electrons. The molecule has 0 saturated heterocycles. The average Bonchev–Trinajstić information content (AvgIpc) is 0.953. The zero-order valence-electron chi connectivity index (χ0n) is 62.3. The number of aliphatic hydroxyl groups excluding tert-OH is 1. The van der Waals surface area contributed by atoms with E-state index in [1.54, 1.807) is 0 Å². The lowest BCUT2D eigenvalue weighted by Gasteiger charge is -2.21. The number of carbonyl (C=O) groups is 4. The number of hydrogen-bond acceptors (Lipinski definition) is 15. The molecule has 0 bridgehead atoms. The van der Waals surface area contributed by atoms with Crippen LogP contribution in [0.4, 0.5) is 0 Å². The lowest BCUT2D eigenvalue weighted by molar-refractivity contribution is -0.161. The summed E-state index contributed by atoms with van der Waals surface area (Å²) in [7, 11) is -9.98. The zero-order valence-corrected chi connectivity index (χ0v) is 64.1. The zero-order chi connectivity index (χ0) is 73.2. The Bertz CT molecular complexity index is 2420. The molecule has 19 heteroatoms. The van der Waals surface area contributed by atoms with E-state index in [1.165, 1.54) is 44.9 Å². The van der Waals surface area contributed by atoms with Crippen LogP contribution in [0, 0.1) is 0 Å². The molecule has 0 saturated carbocycles. The van der Waals surface area contributed by atoms with Gasteiger partial charge >= 0.3 is 39.5 Å².